The molecule has 134 valence electrons. The second-order valence-electron chi connectivity index (χ2n) is 5.65. The molecule has 0 spiro atoms. The molecule has 0 bridgehead atoms. The Morgan fingerprint density at radius 1 is 1.19 bits per heavy atom. The molecule has 4 rings (SSSR count). The minimum absolute atomic E-state index is 0.0515. The van der Waals surface area contributed by atoms with Crippen molar-refractivity contribution in [2.45, 2.75) is 22.8 Å². The average Bonchev–Trinajstić information content (AvgIpc) is 3.21. The molecule has 0 radical (unpaired) electrons. The number of sulfone groups is 1. The van der Waals surface area contributed by atoms with E-state index in [-0.39, 0.29) is 10.6 Å². The number of rotatable bonds is 5. The van der Waals surface area contributed by atoms with E-state index in [4.69, 9.17) is 16.0 Å². The normalized spacial score (nSPS) is 12.2. The Balaban J connectivity index is 1.56. The third-order valence-corrected chi connectivity index (χ3v) is 6.70. The third-order valence-electron chi connectivity index (χ3n) is 3.89. The Labute approximate surface area is 159 Å². The van der Waals surface area contributed by atoms with Crippen molar-refractivity contribution in [3.05, 3.63) is 53.4 Å². The van der Waals surface area contributed by atoms with Crippen LogP contribution < -0.4 is 0 Å². The van der Waals surface area contributed by atoms with Gasteiger partial charge in [0.15, 0.2) is 15.4 Å². The Morgan fingerprint density at radius 2 is 2.04 bits per heavy atom. The number of benzene rings is 1. The summed E-state index contributed by atoms with van der Waals surface area (Å²) in [5.74, 6) is 0.627. The van der Waals surface area contributed by atoms with Crippen LogP contribution in [0.2, 0.25) is 5.02 Å². The molecule has 6 nitrogen and oxygen atoms in total. The number of hydrogen-bond acceptors (Lipinski definition) is 6. The molecule has 4 aromatic rings. The lowest BCUT2D eigenvalue weighted by atomic mass is 10.3. The Morgan fingerprint density at radius 3 is 2.85 bits per heavy atom. The predicted molar refractivity (Wildman–Crippen MR) is 101 cm³/mol. The molecule has 3 aromatic heterocycles. The van der Waals surface area contributed by atoms with E-state index in [1.807, 2.05) is 16.7 Å². The zero-order chi connectivity index (χ0) is 18.3. The van der Waals surface area contributed by atoms with Crippen LogP contribution in [0.4, 0.5) is 0 Å². The molecule has 26 heavy (non-hydrogen) atoms. The molecule has 0 unspecified atom stereocenters. The second-order valence-corrected chi connectivity index (χ2v) is 9.29. The molecule has 9 heteroatoms. The third kappa shape index (κ3) is 3.32. The first-order valence-electron chi connectivity index (χ1n) is 7.84. The van der Waals surface area contributed by atoms with Crippen LogP contribution in [0.1, 0.15) is 12.6 Å². The van der Waals surface area contributed by atoms with Gasteiger partial charge in [0.05, 0.1) is 21.4 Å². The lowest BCUT2D eigenvalue weighted by molar-refractivity contribution is 0.489. The zero-order valence-electron chi connectivity index (χ0n) is 13.7. The van der Waals surface area contributed by atoms with Crippen LogP contribution in [0.15, 0.2) is 57.3 Å². The van der Waals surface area contributed by atoms with Crippen LogP contribution in [-0.2, 0) is 15.6 Å². The number of aromatic nitrogens is 3. The van der Waals surface area contributed by atoms with Crippen molar-refractivity contribution in [2.75, 3.05) is 5.75 Å². The number of fused-ring (bicyclic) bond motifs is 2. The summed E-state index contributed by atoms with van der Waals surface area (Å²) < 4.78 is 31.5. The SMILES string of the molecule is CCS(=O)(=O)c1ccc2oc(SCc3cn4cc(Cl)ccc4n3)nc2c1. The summed E-state index contributed by atoms with van der Waals surface area (Å²) in [6.07, 6.45) is 3.70. The Bertz CT molecular complexity index is 1210. The monoisotopic (exact) mass is 407 g/mol. The number of oxazole rings is 1. The Hall–Kier alpha value is -2.03. The van der Waals surface area contributed by atoms with E-state index in [1.165, 1.54) is 11.8 Å². The predicted octanol–water partition coefficient (Wildman–Crippen LogP) is 4.21. The highest BCUT2D eigenvalue weighted by Gasteiger charge is 2.15. The van der Waals surface area contributed by atoms with Gasteiger partial charge in [-0.25, -0.2) is 18.4 Å². The summed E-state index contributed by atoms with van der Waals surface area (Å²) in [7, 11) is -3.27. The fourth-order valence-corrected chi connectivity index (χ4v) is 4.32. The lowest BCUT2D eigenvalue weighted by Gasteiger charge is -1.99. The largest absolute Gasteiger partial charge is 0.431 e. The summed E-state index contributed by atoms with van der Waals surface area (Å²) in [5, 5.41) is 1.12. The lowest BCUT2D eigenvalue weighted by Crippen LogP contribution is -2.03. The van der Waals surface area contributed by atoms with E-state index in [0.29, 0.717) is 27.1 Å². The van der Waals surface area contributed by atoms with Crippen molar-refractivity contribution in [3.63, 3.8) is 0 Å². The van der Waals surface area contributed by atoms with Gasteiger partial charge in [-0.1, -0.05) is 30.3 Å². The van der Waals surface area contributed by atoms with Crippen LogP contribution in [0.5, 0.6) is 0 Å². The number of nitrogens with zero attached hydrogens (tertiary/aromatic N) is 3. The number of thioether (sulfide) groups is 1. The van der Waals surface area contributed by atoms with E-state index in [9.17, 15) is 8.42 Å². The van der Waals surface area contributed by atoms with Gasteiger partial charge in [0.1, 0.15) is 11.2 Å². The van der Waals surface area contributed by atoms with Gasteiger partial charge in [-0.2, -0.15) is 0 Å². The minimum atomic E-state index is -3.27. The van der Waals surface area contributed by atoms with Gasteiger partial charge < -0.3 is 8.82 Å². The molecule has 1 aromatic carbocycles. The van der Waals surface area contributed by atoms with Crippen molar-refractivity contribution in [2.24, 2.45) is 0 Å². The topological polar surface area (TPSA) is 77.5 Å². The molecule has 0 atom stereocenters. The highest BCUT2D eigenvalue weighted by atomic mass is 35.5. The van der Waals surface area contributed by atoms with Crippen molar-refractivity contribution < 1.29 is 12.8 Å². The number of hydrogen-bond donors (Lipinski definition) is 0. The average molecular weight is 408 g/mol. The van der Waals surface area contributed by atoms with Gasteiger partial charge >= 0.3 is 0 Å². The Kier molecular flexibility index (Phi) is 4.42. The molecule has 3 heterocycles. The van der Waals surface area contributed by atoms with Crippen molar-refractivity contribution in [3.8, 4) is 0 Å². The van der Waals surface area contributed by atoms with Crippen LogP contribution in [0.3, 0.4) is 0 Å². The quantitative estimate of drug-likeness (QED) is 0.461. The summed E-state index contributed by atoms with van der Waals surface area (Å²) in [6.45, 7) is 1.62. The minimum Gasteiger partial charge on any atom is -0.431 e. The number of pyridine rings is 1. The summed E-state index contributed by atoms with van der Waals surface area (Å²) in [6, 6.07) is 8.39. The summed E-state index contributed by atoms with van der Waals surface area (Å²) >= 11 is 7.38. The standard InChI is InChI=1S/C17H14ClN3O3S2/c1-2-26(22,23)13-4-5-15-14(7-13)20-17(24-15)25-10-12-9-21-8-11(18)3-6-16(21)19-12/h3-9H,2,10H2,1H3. The van der Waals surface area contributed by atoms with E-state index < -0.39 is 9.84 Å². The molecular weight excluding hydrogens is 394 g/mol. The van der Waals surface area contributed by atoms with Crippen LogP contribution in [0, 0.1) is 0 Å². The van der Waals surface area contributed by atoms with Gasteiger partial charge in [-0.3, -0.25) is 0 Å². The van der Waals surface area contributed by atoms with E-state index in [0.717, 1.165) is 11.3 Å². The van der Waals surface area contributed by atoms with Gasteiger partial charge in [-0.05, 0) is 30.3 Å². The van der Waals surface area contributed by atoms with Gasteiger partial charge in [0, 0.05) is 18.1 Å². The maximum atomic E-state index is 12.0. The van der Waals surface area contributed by atoms with E-state index in [1.54, 1.807) is 37.4 Å². The van der Waals surface area contributed by atoms with Crippen LogP contribution >= 0.6 is 23.4 Å². The first kappa shape index (κ1) is 17.4. The highest BCUT2D eigenvalue weighted by molar-refractivity contribution is 7.98. The fourth-order valence-electron chi connectivity index (χ4n) is 2.53. The first-order valence-corrected chi connectivity index (χ1v) is 10.9. The molecule has 0 saturated carbocycles. The number of halogens is 1. The van der Waals surface area contributed by atoms with E-state index >= 15 is 0 Å². The molecule has 0 fully saturated rings. The number of imidazole rings is 1. The van der Waals surface area contributed by atoms with Gasteiger partial charge in [-0.15, -0.1) is 0 Å². The van der Waals surface area contributed by atoms with Crippen molar-refractivity contribution in [1.82, 2.24) is 14.4 Å². The maximum Gasteiger partial charge on any atom is 0.257 e. The fraction of sp³-hybridized carbons (Fsp3) is 0.176. The zero-order valence-corrected chi connectivity index (χ0v) is 16.1. The second kappa shape index (κ2) is 6.61. The highest BCUT2D eigenvalue weighted by Crippen LogP contribution is 2.28. The van der Waals surface area contributed by atoms with Crippen LogP contribution in [-0.4, -0.2) is 28.5 Å². The van der Waals surface area contributed by atoms with Gasteiger partial charge in [0.2, 0.25) is 0 Å². The summed E-state index contributed by atoms with van der Waals surface area (Å²) in [5.41, 5.74) is 2.78. The smallest absolute Gasteiger partial charge is 0.257 e. The molecule has 0 saturated heterocycles. The molecule has 0 N–H and O–H groups in total. The van der Waals surface area contributed by atoms with Gasteiger partial charge in [0.25, 0.3) is 5.22 Å². The van der Waals surface area contributed by atoms with Crippen molar-refractivity contribution >= 4 is 49.9 Å². The van der Waals surface area contributed by atoms with Crippen LogP contribution in [0.25, 0.3) is 16.7 Å². The maximum absolute atomic E-state index is 12.0. The molecule has 0 amide bonds. The first-order chi connectivity index (χ1) is 12.4. The van der Waals surface area contributed by atoms with Crippen molar-refractivity contribution in [1.29, 1.82) is 0 Å². The molecule has 0 aliphatic heterocycles. The summed E-state index contributed by atoms with van der Waals surface area (Å²) in [4.78, 5) is 9.15. The molecule has 0 aliphatic carbocycles. The molecular formula is C17H14ClN3O3S2. The van der Waals surface area contributed by atoms with E-state index in [2.05, 4.69) is 9.97 Å². The molecule has 0 aliphatic rings.